The Bertz CT molecular complexity index is 982. The summed E-state index contributed by atoms with van der Waals surface area (Å²) >= 11 is 0. The number of anilines is 1. The number of piperazine rings is 1. The Morgan fingerprint density at radius 3 is 2.91 bits per heavy atom. The molecule has 2 N–H and O–H groups in total. The summed E-state index contributed by atoms with van der Waals surface area (Å²) in [7, 11) is 0. The minimum atomic E-state index is 0.204. The molecule has 0 radical (unpaired) electrons. The summed E-state index contributed by atoms with van der Waals surface area (Å²) in [6.07, 6.45) is 5.88. The smallest absolute Gasteiger partial charge is 0.224 e. The molecule has 1 saturated carbocycles. The van der Waals surface area contributed by atoms with Crippen LogP contribution in [0.15, 0.2) is 22.7 Å². The predicted molar refractivity (Wildman–Crippen MR) is 125 cm³/mol. The number of nitrogens with zero attached hydrogens (tertiary/aromatic N) is 3. The summed E-state index contributed by atoms with van der Waals surface area (Å²) in [6, 6.07) is 7.20. The molecule has 0 bridgehead atoms. The Morgan fingerprint density at radius 1 is 1.16 bits per heavy atom. The fraction of sp³-hybridized carbons (Fsp3) is 0.680. The van der Waals surface area contributed by atoms with Crippen LogP contribution < -0.4 is 15.5 Å². The number of aryl methyl sites for hydroxylation is 1. The lowest BCUT2D eigenvalue weighted by atomic mass is 9.67. The maximum absolute atomic E-state index is 12.7. The standard InChI is InChI=1S/C25H35N5O2/c1-16-21-14-18(5-7-23(21)32-28-16)30-11-9-29(10-12-30)15-17-4-6-19-22(13-17)27-25(31)20-3-2-8-26-24(19)20/h5,7,14,17,19-20,22,24,26H,2-4,6,8-13,15H2,1H3,(H,27,31). The van der Waals surface area contributed by atoms with Gasteiger partial charge in [-0.2, -0.15) is 0 Å². The van der Waals surface area contributed by atoms with Gasteiger partial charge in [0.25, 0.3) is 0 Å². The highest BCUT2D eigenvalue weighted by molar-refractivity contribution is 5.83. The fourth-order valence-corrected chi connectivity index (χ4v) is 6.79. The van der Waals surface area contributed by atoms with Gasteiger partial charge in [0.05, 0.1) is 11.6 Å². The molecule has 4 heterocycles. The molecule has 7 nitrogen and oxygen atoms in total. The number of piperidine rings is 2. The molecule has 1 aromatic heterocycles. The Morgan fingerprint density at radius 2 is 2.03 bits per heavy atom. The van der Waals surface area contributed by atoms with Gasteiger partial charge in [0.1, 0.15) is 0 Å². The molecule has 5 unspecified atom stereocenters. The largest absolute Gasteiger partial charge is 0.369 e. The summed E-state index contributed by atoms with van der Waals surface area (Å²) in [5.74, 6) is 1.83. The monoisotopic (exact) mass is 437 g/mol. The summed E-state index contributed by atoms with van der Waals surface area (Å²) in [4.78, 5) is 17.8. The van der Waals surface area contributed by atoms with Crippen molar-refractivity contribution in [2.75, 3.05) is 44.2 Å². The third-order valence-corrected chi connectivity index (χ3v) is 8.53. The maximum Gasteiger partial charge on any atom is 0.224 e. The number of carbonyl (C=O) groups excluding carboxylic acids is 1. The summed E-state index contributed by atoms with van der Waals surface area (Å²) in [5.41, 5.74) is 3.09. The van der Waals surface area contributed by atoms with Gasteiger partial charge in [0.15, 0.2) is 5.58 Å². The Kier molecular flexibility index (Phi) is 5.34. The van der Waals surface area contributed by atoms with Crippen LogP contribution in [0.1, 0.15) is 37.8 Å². The van der Waals surface area contributed by atoms with Gasteiger partial charge < -0.3 is 20.1 Å². The molecule has 1 aliphatic carbocycles. The number of amides is 1. The first-order valence-electron chi connectivity index (χ1n) is 12.5. The number of hydrogen-bond donors (Lipinski definition) is 2. The highest BCUT2D eigenvalue weighted by Crippen LogP contribution is 2.39. The third kappa shape index (κ3) is 3.69. The second-order valence-electron chi connectivity index (χ2n) is 10.4. The second-order valence-corrected chi connectivity index (χ2v) is 10.4. The summed E-state index contributed by atoms with van der Waals surface area (Å²) in [5, 5.41) is 12.3. The van der Waals surface area contributed by atoms with E-state index in [9.17, 15) is 4.79 Å². The van der Waals surface area contributed by atoms with Crippen LogP contribution in [0.2, 0.25) is 0 Å². The highest BCUT2D eigenvalue weighted by Gasteiger charge is 2.47. The number of fused-ring (bicyclic) bond motifs is 4. The summed E-state index contributed by atoms with van der Waals surface area (Å²) < 4.78 is 5.36. The van der Waals surface area contributed by atoms with E-state index in [2.05, 4.69) is 37.7 Å². The fourth-order valence-electron chi connectivity index (χ4n) is 6.79. The number of nitrogens with one attached hydrogen (secondary N) is 2. The molecule has 4 fully saturated rings. The molecule has 32 heavy (non-hydrogen) atoms. The van der Waals surface area contributed by atoms with Crippen molar-refractivity contribution in [2.45, 2.75) is 51.1 Å². The van der Waals surface area contributed by atoms with E-state index in [1.54, 1.807) is 0 Å². The minimum absolute atomic E-state index is 0.204. The van der Waals surface area contributed by atoms with Crippen molar-refractivity contribution in [1.29, 1.82) is 0 Å². The number of hydrogen-bond acceptors (Lipinski definition) is 6. The van der Waals surface area contributed by atoms with Crippen molar-refractivity contribution in [3.63, 3.8) is 0 Å². The lowest BCUT2D eigenvalue weighted by Crippen LogP contribution is -2.64. The van der Waals surface area contributed by atoms with Gasteiger partial charge in [0.2, 0.25) is 5.91 Å². The van der Waals surface area contributed by atoms with Crippen LogP contribution >= 0.6 is 0 Å². The van der Waals surface area contributed by atoms with Crippen molar-refractivity contribution in [2.24, 2.45) is 17.8 Å². The van der Waals surface area contributed by atoms with Crippen LogP contribution in [0, 0.1) is 24.7 Å². The van der Waals surface area contributed by atoms with E-state index in [0.29, 0.717) is 29.8 Å². The van der Waals surface area contributed by atoms with E-state index in [0.717, 1.165) is 75.2 Å². The average Bonchev–Trinajstić information content (AvgIpc) is 3.20. The zero-order valence-corrected chi connectivity index (χ0v) is 19.1. The van der Waals surface area contributed by atoms with Crippen molar-refractivity contribution >= 4 is 22.6 Å². The van der Waals surface area contributed by atoms with Crippen LogP contribution in [-0.4, -0.2) is 67.3 Å². The van der Waals surface area contributed by atoms with E-state index in [1.165, 1.54) is 18.5 Å². The molecule has 0 spiro atoms. The van der Waals surface area contributed by atoms with Gasteiger partial charge in [-0.1, -0.05) is 5.16 Å². The van der Waals surface area contributed by atoms with Gasteiger partial charge >= 0.3 is 0 Å². The van der Waals surface area contributed by atoms with Crippen molar-refractivity contribution in [3.05, 3.63) is 23.9 Å². The van der Waals surface area contributed by atoms with E-state index in [1.807, 2.05) is 13.0 Å². The number of rotatable bonds is 3. The lowest BCUT2D eigenvalue weighted by molar-refractivity contribution is -0.133. The Balaban J connectivity index is 1.04. The quantitative estimate of drug-likeness (QED) is 0.769. The molecule has 1 aromatic carbocycles. The van der Waals surface area contributed by atoms with E-state index >= 15 is 0 Å². The van der Waals surface area contributed by atoms with Gasteiger partial charge in [-0.05, 0) is 75.6 Å². The van der Waals surface area contributed by atoms with Crippen LogP contribution in [0.4, 0.5) is 5.69 Å². The second kappa shape index (κ2) is 8.34. The van der Waals surface area contributed by atoms with E-state index in [-0.39, 0.29) is 5.92 Å². The van der Waals surface area contributed by atoms with Gasteiger partial charge in [-0.3, -0.25) is 9.69 Å². The third-order valence-electron chi connectivity index (χ3n) is 8.53. The maximum atomic E-state index is 12.7. The predicted octanol–water partition coefficient (Wildman–Crippen LogP) is 2.54. The van der Waals surface area contributed by atoms with Gasteiger partial charge in [-0.15, -0.1) is 0 Å². The first-order valence-corrected chi connectivity index (χ1v) is 12.5. The van der Waals surface area contributed by atoms with Gasteiger partial charge in [0, 0.05) is 55.9 Å². The van der Waals surface area contributed by atoms with Crippen molar-refractivity contribution < 1.29 is 9.32 Å². The summed E-state index contributed by atoms with van der Waals surface area (Å²) in [6.45, 7) is 8.56. The van der Waals surface area contributed by atoms with Crippen LogP contribution in [0.3, 0.4) is 0 Å². The van der Waals surface area contributed by atoms with Crippen molar-refractivity contribution in [1.82, 2.24) is 20.7 Å². The Hall–Kier alpha value is -2.12. The first kappa shape index (κ1) is 20.5. The number of benzene rings is 1. The topological polar surface area (TPSA) is 73.6 Å². The van der Waals surface area contributed by atoms with Crippen molar-refractivity contribution in [3.8, 4) is 0 Å². The molecule has 3 aliphatic heterocycles. The normalized spacial score (nSPS) is 33.6. The SMILES string of the molecule is Cc1noc2ccc(N3CCN(CC4CCC5C(C4)NC(=O)C4CCCNC45)CC3)cc12. The van der Waals surface area contributed by atoms with E-state index < -0.39 is 0 Å². The molecule has 1 amide bonds. The molecule has 7 heteroatoms. The molecular weight excluding hydrogens is 402 g/mol. The van der Waals surface area contributed by atoms with Crippen LogP contribution in [0.25, 0.3) is 11.0 Å². The molecule has 5 atom stereocenters. The highest BCUT2D eigenvalue weighted by atomic mass is 16.5. The zero-order valence-electron chi connectivity index (χ0n) is 19.1. The molecule has 2 aromatic rings. The number of aromatic nitrogens is 1. The van der Waals surface area contributed by atoms with Crippen LogP contribution in [-0.2, 0) is 4.79 Å². The average molecular weight is 438 g/mol. The zero-order chi connectivity index (χ0) is 21.7. The van der Waals surface area contributed by atoms with Crippen LogP contribution in [0.5, 0.6) is 0 Å². The van der Waals surface area contributed by atoms with E-state index in [4.69, 9.17) is 4.52 Å². The molecular formula is C25H35N5O2. The Labute approximate surface area is 189 Å². The lowest BCUT2D eigenvalue weighted by Gasteiger charge is -2.50. The molecule has 4 aliphatic rings. The molecule has 172 valence electrons. The minimum Gasteiger partial charge on any atom is -0.369 e. The molecule has 3 saturated heterocycles. The first-order chi connectivity index (χ1) is 15.7. The number of carbonyl (C=O) groups is 1. The molecule has 6 rings (SSSR count). The van der Waals surface area contributed by atoms with Gasteiger partial charge in [-0.25, -0.2) is 0 Å².